The number of unbranched alkanes of at least 4 members (excludes halogenated alkanes) is 1. The molecule has 2 nitrogen and oxygen atoms in total. The van der Waals surface area contributed by atoms with Gasteiger partial charge in [-0.05, 0) is 31.0 Å². The lowest BCUT2D eigenvalue weighted by molar-refractivity contribution is 0.184. The predicted molar refractivity (Wildman–Crippen MR) is 69.9 cm³/mol. The van der Waals surface area contributed by atoms with Crippen LogP contribution in [0, 0.1) is 11.8 Å². The first-order valence-corrected chi connectivity index (χ1v) is 6.08. The predicted octanol–water partition coefficient (Wildman–Crippen LogP) is 3.31. The van der Waals surface area contributed by atoms with Crippen LogP contribution in [-0.4, -0.2) is 11.7 Å². The molecule has 1 aromatic rings. The molecule has 17 heavy (non-hydrogen) atoms. The molecule has 0 fully saturated rings. The Morgan fingerprint density at radius 2 is 2.00 bits per heavy atom. The summed E-state index contributed by atoms with van der Waals surface area (Å²) in [4.78, 5) is 0. The standard InChI is InChI=1S/C15H20O2/c1-3-5-7-15(16)13-8-10-14(11-9-13)17-12-6-4-2/h8-11,15-16H,4,6-7,12H2,1-2H3. The van der Waals surface area contributed by atoms with Gasteiger partial charge in [0.2, 0.25) is 0 Å². The second kappa shape index (κ2) is 7.76. The molecular formula is C15H20O2. The third-order valence-corrected chi connectivity index (χ3v) is 2.50. The molecule has 0 aliphatic carbocycles. The third-order valence-electron chi connectivity index (χ3n) is 2.50. The van der Waals surface area contributed by atoms with Gasteiger partial charge in [-0.2, -0.15) is 0 Å². The minimum absolute atomic E-state index is 0.479. The number of benzene rings is 1. The van der Waals surface area contributed by atoms with Crippen LogP contribution in [0.3, 0.4) is 0 Å². The van der Waals surface area contributed by atoms with Crippen LogP contribution in [0.5, 0.6) is 5.75 Å². The van der Waals surface area contributed by atoms with Gasteiger partial charge in [-0.25, -0.2) is 0 Å². The highest BCUT2D eigenvalue weighted by Crippen LogP contribution is 2.19. The molecule has 0 saturated carbocycles. The van der Waals surface area contributed by atoms with E-state index in [1.54, 1.807) is 6.92 Å². The second-order valence-electron chi connectivity index (χ2n) is 3.92. The maximum Gasteiger partial charge on any atom is 0.119 e. The average molecular weight is 232 g/mol. The van der Waals surface area contributed by atoms with Crippen molar-refractivity contribution in [2.24, 2.45) is 0 Å². The van der Waals surface area contributed by atoms with Crippen molar-refractivity contribution in [3.63, 3.8) is 0 Å². The zero-order chi connectivity index (χ0) is 12.5. The molecule has 2 heteroatoms. The summed E-state index contributed by atoms with van der Waals surface area (Å²) in [6, 6.07) is 7.58. The maximum atomic E-state index is 9.81. The van der Waals surface area contributed by atoms with Crippen molar-refractivity contribution in [3.8, 4) is 17.6 Å². The first-order chi connectivity index (χ1) is 8.27. The SMILES string of the molecule is CC#CCC(O)c1ccc(OCCCC)cc1. The van der Waals surface area contributed by atoms with Crippen LogP contribution < -0.4 is 4.74 Å². The van der Waals surface area contributed by atoms with E-state index in [0.29, 0.717) is 6.42 Å². The van der Waals surface area contributed by atoms with Crippen LogP contribution in [0.1, 0.15) is 44.8 Å². The molecule has 1 atom stereocenters. The first-order valence-electron chi connectivity index (χ1n) is 6.08. The fraction of sp³-hybridized carbons (Fsp3) is 0.467. The van der Waals surface area contributed by atoms with Crippen molar-refractivity contribution in [1.29, 1.82) is 0 Å². The van der Waals surface area contributed by atoms with Crippen molar-refractivity contribution in [3.05, 3.63) is 29.8 Å². The summed E-state index contributed by atoms with van der Waals surface area (Å²) in [7, 11) is 0. The fourth-order valence-electron chi connectivity index (χ4n) is 1.44. The van der Waals surface area contributed by atoms with Gasteiger partial charge in [-0.3, -0.25) is 0 Å². The molecule has 0 radical (unpaired) electrons. The Kier molecular flexibility index (Phi) is 6.21. The molecule has 1 unspecified atom stereocenters. The normalized spacial score (nSPS) is 11.5. The smallest absolute Gasteiger partial charge is 0.119 e. The zero-order valence-electron chi connectivity index (χ0n) is 10.6. The highest BCUT2D eigenvalue weighted by atomic mass is 16.5. The Labute approximate surface area is 104 Å². The number of aliphatic hydroxyl groups excluding tert-OH is 1. The van der Waals surface area contributed by atoms with Crippen LogP contribution >= 0.6 is 0 Å². The van der Waals surface area contributed by atoms with Gasteiger partial charge in [0.05, 0.1) is 12.7 Å². The topological polar surface area (TPSA) is 29.5 Å². The molecule has 92 valence electrons. The number of ether oxygens (including phenoxy) is 1. The molecular weight excluding hydrogens is 212 g/mol. The molecule has 0 bridgehead atoms. The van der Waals surface area contributed by atoms with Gasteiger partial charge in [0, 0.05) is 6.42 Å². The van der Waals surface area contributed by atoms with E-state index in [0.717, 1.165) is 30.8 Å². The highest BCUT2D eigenvalue weighted by Gasteiger charge is 2.05. The Hall–Kier alpha value is -1.46. The van der Waals surface area contributed by atoms with Crippen LogP contribution in [0.2, 0.25) is 0 Å². The molecule has 1 aromatic carbocycles. The third kappa shape index (κ3) is 4.93. The zero-order valence-corrected chi connectivity index (χ0v) is 10.6. The Morgan fingerprint density at radius 3 is 2.59 bits per heavy atom. The van der Waals surface area contributed by atoms with Gasteiger partial charge in [-0.15, -0.1) is 11.8 Å². The van der Waals surface area contributed by atoms with Crippen LogP contribution in [-0.2, 0) is 0 Å². The summed E-state index contributed by atoms with van der Waals surface area (Å²) in [6.45, 7) is 4.66. The van der Waals surface area contributed by atoms with Crippen molar-refractivity contribution >= 4 is 0 Å². The van der Waals surface area contributed by atoms with Gasteiger partial charge < -0.3 is 9.84 Å². The largest absolute Gasteiger partial charge is 0.494 e. The average Bonchev–Trinajstić information content (AvgIpc) is 2.37. The second-order valence-corrected chi connectivity index (χ2v) is 3.92. The Bertz CT molecular complexity index is 370. The summed E-state index contributed by atoms with van der Waals surface area (Å²) in [5.74, 6) is 6.51. The minimum Gasteiger partial charge on any atom is -0.494 e. The number of hydrogen-bond donors (Lipinski definition) is 1. The van der Waals surface area contributed by atoms with Gasteiger partial charge >= 0.3 is 0 Å². The molecule has 0 spiro atoms. The molecule has 0 aromatic heterocycles. The molecule has 0 aliphatic heterocycles. The summed E-state index contributed by atoms with van der Waals surface area (Å²) < 4.78 is 5.55. The van der Waals surface area contributed by atoms with E-state index in [9.17, 15) is 5.11 Å². The van der Waals surface area contributed by atoms with Gasteiger partial charge in [0.15, 0.2) is 0 Å². The molecule has 0 saturated heterocycles. The van der Waals surface area contributed by atoms with E-state index in [1.807, 2.05) is 24.3 Å². The summed E-state index contributed by atoms with van der Waals surface area (Å²) >= 11 is 0. The van der Waals surface area contributed by atoms with Crippen molar-refractivity contribution in [1.82, 2.24) is 0 Å². The summed E-state index contributed by atoms with van der Waals surface area (Å²) in [5.41, 5.74) is 0.885. The minimum atomic E-state index is -0.507. The van der Waals surface area contributed by atoms with Crippen LogP contribution in [0.25, 0.3) is 0 Å². The monoisotopic (exact) mass is 232 g/mol. The highest BCUT2D eigenvalue weighted by molar-refractivity contribution is 5.29. The van der Waals surface area contributed by atoms with E-state index < -0.39 is 6.10 Å². The van der Waals surface area contributed by atoms with Crippen molar-refractivity contribution < 1.29 is 9.84 Å². The van der Waals surface area contributed by atoms with E-state index in [-0.39, 0.29) is 0 Å². The fourth-order valence-corrected chi connectivity index (χ4v) is 1.44. The number of hydrogen-bond acceptors (Lipinski definition) is 2. The number of aliphatic hydroxyl groups is 1. The molecule has 1 rings (SSSR count). The van der Waals surface area contributed by atoms with E-state index in [2.05, 4.69) is 18.8 Å². The van der Waals surface area contributed by atoms with Crippen LogP contribution in [0.4, 0.5) is 0 Å². The van der Waals surface area contributed by atoms with E-state index in [1.165, 1.54) is 0 Å². The molecule has 1 N–H and O–H groups in total. The van der Waals surface area contributed by atoms with Gasteiger partial charge in [0.25, 0.3) is 0 Å². The van der Waals surface area contributed by atoms with Crippen LogP contribution in [0.15, 0.2) is 24.3 Å². The Balaban J connectivity index is 2.51. The van der Waals surface area contributed by atoms with Crippen molar-refractivity contribution in [2.45, 2.75) is 39.2 Å². The Morgan fingerprint density at radius 1 is 1.29 bits per heavy atom. The lowest BCUT2D eigenvalue weighted by Gasteiger charge is -2.09. The van der Waals surface area contributed by atoms with E-state index in [4.69, 9.17) is 4.74 Å². The maximum absolute atomic E-state index is 9.81. The van der Waals surface area contributed by atoms with Crippen molar-refractivity contribution in [2.75, 3.05) is 6.61 Å². The lowest BCUT2D eigenvalue weighted by Crippen LogP contribution is -1.98. The molecule has 0 aliphatic rings. The summed E-state index contributed by atoms with van der Waals surface area (Å²) in [6.07, 6.45) is 2.17. The lowest BCUT2D eigenvalue weighted by atomic mass is 10.1. The van der Waals surface area contributed by atoms with Gasteiger partial charge in [-0.1, -0.05) is 25.5 Å². The quantitative estimate of drug-likeness (QED) is 0.602. The molecule has 0 amide bonds. The molecule has 0 heterocycles. The summed E-state index contributed by atoms with van der Waals surface area (Å²) in [5, 5.41) is 9.81. The van der Waals surface area contributed by atoms with Gasteiger partial charge in [0.1, 0.15) is 5.75 Å². The number of rotatable bonds is 6. The first kappa shape index (κ1) is 13.6. The van der Waals surface area contributed by atoms with E-state index >= 15 is 0 Å².